The summed E-state index contributed by atoms with van der Waals surface area (Å²) in [6, 6.07) is 0. The molecule has 2 nitrogen and oxygen atoms in total. The van der Waals surface area contributed by atoms with Crippen LogP contribution in [0.1, 0.15) is 52.9 Å². The first kappa shape index (κ1) is 13.8. The van der Waals surface area contributed by atoms with Crippen molar-refractivity contribution in [1.82, 2.24) is 0 Å². The zero-order valence-corrected chi connectivity index (χ0v) is 11.6. The van der Waals surface area contributed by atoms with Gasteiger partial charge in [-0.15, -0.1) is 0 Å². The standard InChI is InChI=1S/C13H24O2S/c1-4-13(11-15-10-12(2)3)8-6-5-7-9-16(13)14/h10H,4-9,11H2,1-3H3. The molecule has 0 bridgehead atoms. The van der Waals surface area contributed by atoms with Gasteiger partial charge in [-0.1, -0.05) is 19.8 Å². The largest absolute Gasteiger partial charge is 0.500 e. The van der Waals surface area contributed by atoms with Gasteiger partial charge in [-0.2, -0.15) is 0 Å². The van der Waals surface area contributed by atoms with Gasteiger partial charge in [0.2, 0.25) is 0 Å². The summed E-state index contributed by atoms with van der Waals surface area (Å²) in [5.41, 5.74) is 1.16. The summed E-state index contributed by atoms with van der Waals surface area (Å²) in [6.45, 7) is 6.78. The predicted molar refractivity (Wildman–Crippen MR) is 69.9 cm³/mol. The molecule has 0 radical (unpaired) electrons. The number of rotatable bonds is 4. The smallest absolute Gasteiger partial charge is 0.104 e. The maximum absolute atomic E-state index is 12.3. The van der Waals surface area contributed by atoms with Crippen molar-refractivity contribution in [1.29, 1.82) is 0 Å². The zero-order valence-electron chi connectivity index (χ0n) is 10.8. The van der Waals surface area contributed by atoms with Crippen molar-refractivity contribution in [3.8, 4) is 0 Å². The molecule has 0 amide bonds. The van der Waals surface area contributed by atoms with E-state index in [2.05, 4.69) is 6.92 Å². The summed E-state index contributed by atoms with van der Waals surface area (Å²) in [4.78, 5) is 0. The van der Waals surface area contributed by atoms with Crippen LogP contribution in [0, 0.1) is 0 Å². The average Bonchev–Trinajstić information content (AvgIpc) is 2.42. The third kappa shape index (κ3) is 3.62. The fourth-order valence-corrected chi connectivity index (χ4v) is 3.92. The summed E-state index contributed by atoms with van der Waals surface area (Å²) in [5, 5.41) is 0. The molecule has 3 heteroatoms. The number of hydrogen-bond acceptors (Lipinski definition) is 2. The highest BCUT2D eigenvalue weighted by molar-refractivity contribution is 7.86. The Balaban J connectivity index is 2.65. The Morgan fingerprint density at radius 2 is 2.12 bits per heavy atom. The highest BCUT2D eigenvalue weighted by Gasteiger charge is 2.36. The van der Waals surface area contributed by atoms with Crippen LogP contribution < -0.4 is 0 Å². The summed E-state index contributed by atoms with van der Waals surface area (Å²) in [7, 11) is -0.723. The monoisotopic (exact) mass is 244 g/mol. The maximum Gasteiger partial charge on any atom is 0.104 e. The minimum Gasteiger partial charge on any atom is -0.500 e. The van der Waals surface area contributed by atoms with E-state index in [1.807, 2.05) is 13.8 Å². The van der Waals surface area contributed by atoms with Crippen molar-refractivity contribution in [2.24, 2.45) is 0 Å². The van der Waals surface area contributed by atoms with Crippen molar-refractivity contribution in [2.75, 3.05) is 12.4 Å². The topological polar surface area (TPSA) is 26.3 Å². The lowest BCUT2D eigenvalue weighted by Gasteiger charge is -2.29. The number of allylic oxidation sites excluding steroid dienone is 1. The minimum atomic E-state index is -0.723. The summed E-state index contributed by atoms with van der Waals surface area (Å²) >= 11 is 0. The molecule has 1 rings (SSSR count). The number of hydrogen-bond donors (Lipinski definition) is 0. The summed E-state index contributed by atoms with van der Waals surface area (Å²) in [5.74, 6) is 0.853. The first-order valence-corrected chi connectivity index (χ1v) is 7.56. The van der Waals surface area contributed by atoms with Crippen LogP contribution in [0.15, 0.2) is 11.8 Å². The molecule has 2 unspecified atom stereocenters. The second-order valence-electron chi connectivity index (χ2n) is 4.90. The van der Waals surface area contributed by atoms with Gasteiger partial charge >= 0.3 is 0 Å². The molecular weight excluding hydrogens is 220 g/mol. The first-order chi connectivity index (χ1) is 7.60. The van der Waals surface area contributed by atoms with E-state index in [9.17, 15) is 4.21 Å². The first-order valence-electron chi connectivity index (χ1n) is 6.24. The van der Waals surface area contributed by atoms with Gasteiger partial charge in [-0.3, -0.25) is 4.21 Å². The van der Waals surface area contributed by atoms with Crippen molar-refractivity contribution in [3.05, 3.63) is 11.8 Å². The Labute approximate surface area is 102 Å². The molecule has 0 spiro atoms. The van der Waals surface area contributed by atoms with E-state index in [0.717, 1.165) is 30.6 Å². The van der Waals surface area contributed by atoms with Crippen LogP contribution in [0.2, 0.25) is 0 Å². The Morgan fingerprint density at radius 3 is 2.75 bits per heavy atom. The molecule has 16 heavy (non-hydrogen) atoms. The molecule has 0 aromatic rings. The highest BCUT2D eigenvalue weighted by atomic mass is 32.2. The third-order valence-corrected chi connectivity index (χ3v) is 5.49. The van der Waals surface area contributed by atoms with E-state index < -0.39 is 10.8 Å². The number of ether oxygens (including phenoxy) is 1. The predicted octanol–water partition coefficient (Wildman–Crippen LogP) is 3.40. The van der Waals surface area contributed by atoms with Gasteiger partial charge in [0.25, 0.3) is 0 Å². The van der Waals surface area contributed by atoms with Gasteiger partial charge in [-0.05, 0) is 38.7 Å². The van der Waals surface area contributed by atoms with Gasteiger partial charge in [0.05, 0.1) is 11.0 Å². The van der Waals surface area contributed by atoms with E-state index in [-0.39, 0.29) is 4.75 Å². The zero-order chi connectivity index (χ0) is 12.0. The Morgan fingerprint density at radius 1 is 1.38 bits per heavy atom. The van der Waals surface area contributed by atoms with Gasteiger partial charge in [-0.25, -0.2) is 0 Å². The van der Waals surface area contributed by atoms with Crippen LogP contribution in [-0.4, -0.2) is 21.3 Å². The second-order valence-corrected chi connectivity index (χ2v) is 6.87. The fourth-order valence-electron chi connectivity index (χ4n) is 2.13. The van der Waals surface area contributed by atoms with Gasteiger partial charge in [0.1, 0.15) is 6.61 Å². The van der Waals surface area contributed by atoms with Crippen molar-refractivity contribution in [2.45, 2.75) is 57.6 Å². The van der Waals surface area contributed by atoms with Crippen LogP contribution in [0.3, 0.4) is 0 Å². The van der Waals surface area contributed by atoms with Crippen LogP contribution in [0.4, 0.5) is 0 Å². The van der Waals surface area contributed by atoms with E-state index in [1.54, 1.807) is 6.26 Å². The molecule has 0 N–H and O–H groups in total. The normalized spacial score (nSPS) is 30.6. The van der Waals surface area contributed by atoms with Crippen LogP contribution in [0.25, 0.3) is 0 Å². The van der Waals surface area contributed by atoms with Crippen LogP contribution in [-0.2, 0) is 15.5 Å². The molecule has 1 aliphatic rings. The minimum absolute atomic E-state index is 0.0948. The van der Waals surface area contributed by atoms with Crippen LogP contribution >= 0.6 is 0 Å². The Kier molecular flexibility index (Phi) is 5.53. The van der Waals surface area contributed by atoms with E-state index in [4.69, 9.17) is 4.74 Å². The molecule has 2 atom stereocenters. The van der Waals surface area contributed by atoms with Gasteiger partial charge < -0.3 is 4.74 Å². The van der Waals surface area contributed by atoms with Gasteiger partial charge in [0, 0.05) is 16.6 Å². The molecular formula is C13H24O2S. The summed E-state index contributed by atoms with van der Waals surface area (Å²) < 4.78 is 17.8. The summed E-state index contributed by atoms with van der Waals surface area (Å²) in [6.07, 6.45) is 7.31. The quantitative estimate of drug-likeness (QED) is 0.709. The molecule has 1 aliphatic heterocycles. The molecule has 0 aliphatic carbocycles. The lowest BCUT2D eigenvalue weighted by atomic mass is 9.99. The third-order valence-electron chi connectivity index (χ3n) is 3.25. The van der Waals surface area contributed by atoms with E-state index >= 15 is 0 Å². The lowest BCUT2D eigenvalue weighted by Crippen LogP contribution is -2.38. The van der Waals surface area contributed by atoms with Crippen molar-refractivity contribution < 1.29 is 8.95 Å². The average molecular weight is 244 g/mol. The second kappa shape index (κ2) is 6.43. The highest BCUT2D eigenvalue weighted by Crippen LogP contribution is 2.30. The maximum atomic E-state index is 12.3. The fraction of sp³-hybridized carbons (Fsp3) is 0.846. The molecule has 1 saturated heterocycles. The van der Waals surface area contributed by atoms with Crippen molar-refractivity contribution in [3.63, 3.8) is 0 Å². The van der Waals surface area contributed by atoms with E-state index in [0.29, 0.717) is 6.61 Å². The molecule has 0 aromatic carbocycles. The lowest BCUT2D eigenvalue weighted by molar-refractivity contribution is 0.198. The van der Waals surface area contributed by atoms with Gasteiger partial charge in [0.15, 0.2) is 0 Å². The SMILES string of the molecule is CCC1(COC=C(C)C)CCCCCS1=O. The molecule has 0 saturated carbocycles. The van der Waals surface area contributed by atoms with E-state index in [1.165, 1.54) is 12.8 Å². The molecule has 1 fully saturated rings. The molecule has 0 aromatic heterocycles. The molecule has 1 heterocycles. The Hall–Kier alpha value is -0.310. The molecule has 94 valence electrons. The Bertz CT molecular complexity index is 269. The van der Waals surface area contributed by atoms with Crippen molar-refractivity contribution >= 4 is 10.8 Å². The van der Waals surface area contributed by atoms with Crippen LogP contribution in [0.5, 0.6) is 0 Å².